The van der Waals surface area contributed by atoms with Gasteiger partial charge in [0.25, 0.3) is 0 Å². The Morgan fingerprint density at radius 1 is 0.707 bits per heavy atom. The van der Waals surface area contributed by atoms with Crippen LogP contribution in [0.4, 0.5) is 0 Å². The molecule has 0 radical (unpaired) electrons. The molecule has 0 aliphatic carbocycles. The quantitative estimate of drug-likeness (QED) is 0.0224. The third kappa shape index (κ3) is 24.4. The highest BCUT2D eigenvalue weighted by Gasteiger charge is 2.45. The lowest BCUT2D eigenvalue weighted by atomic mass is 9.81. The Kier molecular flexibility index (Phi) is 31.8. The molecule has 0 spiro atoms. The Morgan fingerprint density at radius 3 is 1.68 bits per heavy atom. The van der Waals surface area contributed by atoms with Crippen molar-refractivity contribution in [3.8, 4) is 41.1 Å². The number of rotatable bonds is 34. The van der Waals surface area contributed by atoms with Crippen LogP contribution in [0.2, 0.25) is 0 Å². The number of unbranched alkanes of at least 4 members (excludes halogenated alkanes) is 18. The zero-order chi connectivity index (χ0) is 55.0. The van der Waals surface area contributed by atoms with E-state index in [-0.39, 0.29) is 44.0 Å². The lowest BCUT2D eigenvalue weighted by molar-refractivity contribution is -0.145. The molecular weight excluding hydrogens is 957 g/mol. The highest BCUT2D eigenvalue weighted by atomic mass is 16.6. The van der Waals surface area contributed by atoms with Crippen molar-refractivity contribution in [2.24, 2.45) is 5.92 Å². The first-order valence-electron chi connectivity index (χ1n) is 28.1. The number of ether oxygens (including phenoxy) is 7. The summed E-state index contributed by atoms with van der Waals surface area (Å²) in [5.74, 6) is 5.10. The number of terminal acetylenes is 1. The van der Waals surface area contributed by atoms with E-state index in [9.17, 15) is 34.8 Å². The summed E-state index contributed by atoms with van der Waals surface area (Å²) in [5, 5.41) is 38.8. The first kappa shape index (κ1) is 64.5. The maximum absolute atomic E-state index is 13.5. The Labute approximate surface area is 449 Å². The lowest BCUT2D eigenvalue weighted by Crippen LogP contribution is -2.43. The number of esters is 2. The van der Waals surface area contributed by atoms with Gasteiger partial charge in [0.2, 0.25) is 0 Å². The molecule has 422 valence electrons. The van der Waals surface area contributed by atoms with Gasteiger partial charge in [-0.05, 0) is 56.2 Å². The molecule has 14 nitrogen and oxygen atoms in total. The molecule has 0 saturated heterocycles. The summed E-state index contributed by atoms with van der Waals surface area (Å²) in [7, 11) is 3.16. The van der Waals surface area contributed by atoms with Crippen LogP contribution in [0.3, 0.4) is 0 Å². The molecule has 7 unspecified atom stereocenters. The Bertz CT molecular complexity index is 2010. The fraction of sp³-hybridized carbons (Fsp3) is 0.689. The molecule has 0 aromatic heterocycles. The maximum atomic E-state index is 13.5. The number of fused-ring (bicyclic) bond motifs is 6. The van der Waals surface area contributed by atoms with Crippen molar-refractivity contribution in [1.29, 1.82) is 0 Å². The number of allylic oxidation sites excluding steroid dienone is 1. The summed E-state index contributed by atoms with van der Waals surface area (Å²) in [5.41, 5.74) is 2.37. The third-order valence-corrected chi connectivity index (χ3v) is 13.9. The van der Waals surface area contributed by atoms with Crippen LogP contribution in [0.15, 0.2) is 36.9 Å². The van der Waals surface area contributed by atoms with E-state index < -0.39 is 42.3 Å². The van der Waals surface area contributed by atoms with Crippen LogP contribution in [0.1, 0.15) is 209 Å². The van der Waals surface area contributed by atoms with Gasteiger partial charge in [-0.15, -0.1) is 18.9 Å². The molecule has 75 heavy (non-hydrogen) atoms. The number of Topliss-reactive ketones (excluding diaryl/α,β-unsaturated/α-hetero) is 1. The predicted octanol–water partition coefficient (Wildman–Crippen LogP) is 11.5. The summed E-state index contributed by atoms with van der Waals surface area (Å²) in [6.07, 6.45) is 31.0. The van der Waals surface area contributed by atoms with E-state index in [1.165, 1.54) is 97.3 Å². The molecule has 3 heterocycles. The second-order valence-electron chi connectivity index (χ2n) is 20.7. The minimum Gasteiger partial charge on any atom is -0.493 e. The maximum Gasteiger partial charge on any atom is 0.302 e. The number of carbonyl (C=O) groups is 3. The molecule has 0 bridgehead atoms. The highest BCUT2D eigenvalue weighted by molar-refractivity contribution is 6.06. The Hall–Kier alpha value is -4.81. The van der Waals surface area contributed by atoms with Crippen LogP contribution in [0.25, 0.3) is 0 Å². The normalized spacial score (nSPS) is 17.4. The monoisotopic (exact) mass is 1050 g/mol. The number of ketones is 1. The third-order valence-electron chi connectivity index (χ3n) is 13.9. The summed E-state index contributed by atoms with van der Waals surface area (Å²) in [6, 6.07) is 7.32. The largest absolute Gasteiger partial charge is 0.493 e. The van der Waals surface area contributed by atoms with Gasteiger partial charge in [-0.25, -0.2) is 0 Å². The van der Waals surface area contributed by atoms with Gasteiger partial charge in [0, 0.05) is 56.7 Å². The molecule has 2 aromatic rings. The summed E-state index contributed by atoms with van der Waals surface area (Å²) >= 11 is 0. The van der Waals surface area contributed by atoms with Crippen LogP contribution in [-0.4, -0.2) is 109 Å². The second-order valence-corrected chi connectivity index (χ2v) is 20.7. The van der Waals surface area contributed by atoms with E-state index in [4.69, 9.17) is 39.6 Å². The zero-order valence-electron chi connectivity index (χ0n) is 46.5. The topological polar surface area (TPSA) is 197 Å². The van der Waals surface area contributed by atoms with Crippen LogP contribution in [0.5, 0.6) is 28.7 Å². The average Bonchev–Trinajstić information content (AvgIpc) is 3.84. The smallest absolute Gasteiger partial charge is 0.302 e. The Balaban J connectivity index is 0.000000301. The number of methoxy groups -OCH3 is 2. The van der Waals surface area contributed by atoms with Gasteiger partial charge >= 0.3 is 11.9 Å². The SMILES string of the molecule is C#CCCCCCCCCCCCC(O)CC(O)COC(C)=O.C=CCCCCCCCCCCCC(O)CC(O)COC(C)=O.COc1cc2c(cc1OC)C1C(=O)c3ccc4c(c3OC1CO2)CC(C(C)C)O4. The molecule has 3 aliphatic rings. The molecule has 3 aliphatic heterocycles. The van der Waals surface area contributed by atoms with Gasteiger partial charge in [-0.3, -0.25) is 14.4 Å². The fourth-order valence-electron chi connectivity index (χ4n) is 9.64. The molecule has 0 saturated carbocycles. The lowest BCUT2D eigenvalue weighted by Gasteiger charge is -2.37. The van der Waals surface area contributed by atoms with Gasteiger partial charge in [0.05, 0.1) is 50.1 Å². The first-order chi connectivity index (χ1) is 36.1. The second kappa shape index (κ2) is 37.0. The molecule has 14 heteroatoms. The van der Waals surface area contributed by atoms with Gasteiger partial charge in [-0.2, -0.15) is 0 Å². The number of carbonyl (C=O) groups excluding carboxylic acids is 3. The number of aliphatic hydroxyl groups is 4. The van der Waals surface area contributed by atoms with Gasteiger partial charge < -0.3 is 53.6 Å². The number of hydrogen-bond donors (Lipinski definition) is 4. The van der Waals surface area contributed by atoms with E-state index in [1.807, 2.05) is 24.3 Å². The highest BCUT2D eigenvalue weighted by Crippen LogP contribution is 2.50. The first-order valence-corrected chi connectivity index (χ1v) is 28.1. The summed E-state index contributed by atoms with van der Waals surface area (Å²) < 4.78 is 38.6. The minimum atomic E-state index is -0.775. The van der Waals surface area contributed by atoms with E-state index in [1.54, 1.807) is 20.3 Å². The van der Waals surface area contributed by atoms with E-state index in [0.29, 0.717) is 53.9 Å². The molecule has 5 rings (SSSR count). The predicted molar refractivity (Wildman–Crippen MR) is 293 cm³/mol. The van der Waals surface area contributed by atoms with Gasteiger partial charge in [0.1, 0.15) is 49.3 Å². The minimum absolute atomic E-state index is 0.0286. The van der Waals surface area contributed by atoms with Crippen molar-refractivity contribution in [3.05, 3.63) is 53.6 Å². The molecule has 0 amide bonds. The van der Waals surface area contributed by atoms with E-state index in [0.717, 1.165) is 68.2 Å². The molecule has 4 N–H and O–H groups in total. The van der Waals surface area contributed by atoms with Crippen molar-refractivity contribution in [2.45, 2.75) is 231 Å². The van der Waals surface area contributed by atoms with Crippen molar-refractivity contribution < 1.29 is 68.0 Å². The van der Waals surface area contributed by atoms with Crippen molar-refractivity contribution in [1.82, 2.24) is 0 Å². The number of benzene rings is 2. The molecular formula is C61H94O14. The zero-order valence-corrected chi connectivity index (χ0v) is 46.5. The average molecular weight is 1050 g/mol. The fourth-order valence-corrected chi connectivity index (χ4v) is 9.64. The standard InChI is InChI=1S/C23H24O6.C19H36O4.C19H34O4/c1-11(2)16-8-14-15(28-16)6-5-12-22(24)21-13-7-18(25-3)19(26-4)9-17(13)27-10-20(21)29-23(12)14;2*1-3-4-5-6-7-8-9-10-11-12-13-14-18(21)15-19(22)16-23-17(2)20/h5-7,9,11,16,20-21H,8,10H2,1-4H3;3,18-19,21-22H,1,4-16H2,2H3;1,18-19,21-22H,4-16H2,2H3. The van der Waals surface area contributed by atoms with Crippen LogP contribution < -0.4 is 23.7 Å². The van der Waals surface area contributed by atoms with Gasteiger partial charge in [-0.1, -0.05) is 123 Å². The molecule has 2 aromatic carbocycles. The van der Waals surface area contributed by atoms with E-state index >= 15 is 0 Å². The molecule has 0 fully saturated rings. The number of aliphatic hydroxyl groups excluding tert-OH is 4. The summed E-state index contributed by atoms with van der Waals surface area (Å²) in [4.78, 5) is 34.8. The Morgan fingerprint density at radius 2 is 1.20 bits per heavy atom. The summed E-state index contributed by atoms with van der Waals surface area (Å²) in [6.45, 7) is 10.9. The van der Waals surface area contributed by atoms with Gasteiger partial charge in [0.15, 0.2) is 17.3 Å². The number of hydrogen-bond acceptors (Lipinski definition) is 14. The van der Waals surface area contributed by atoms with Crippen molar-refractivity contribution in [2.75, 3.05) is 34.0 Å². The molecule has 7 atom stereocenters. The van der Waals surface area contributed by atoms with Crippen LogP contribution in [0, 0.1) is 18.3 Å². The van der Waals surface area contributed by atoms with Crippen molar-refractivity contribution >= 4 is 17.7 Å². The van der Waals surface area contributed by atoms with E-state index in [2.05, 4.69) is 26.3 Å². The van der Waals surface area contributed by atoms with Crippen LogP contribution in [-0.2, 0) is 25.5 Å². The van der Waals surface area contributed by atoms with Crippen molar-refractivity contribution in [3.63, 3.8) is 0 Å². The van der Waals surface area contributed by atoms with Crippen LogP contribution >= 0.6 is 0 Å².